The molecule has 3 atom stereocenters. The van der Waals surface area contributed by atoms with Crippen LogP contribution in [0.15, 0.2) is 23.1 Å². The summed E-state index contributed by atoms with van der Waals surface area (Å²) in [7, 11) is 0. The number of thioether (sulfide) groups is 1. The van der Waals surface area contributed by atoms with Crippen molar-refractivity contribution in [3.8, 4) is 0 Å². The van der Waals surface area contributed by atoms with E-state index in [1.165, 1.54) is 17.8 Å². The molecule has 4 heteroatoms. The van der Waals surface area contributed by atoms with Gasteiger partial charge in [0.25, 0.3) is 0 Å². The van der Waals surface area contributed by atoms with Crippen LogP contribution in [-0.4, -0.2) is 23.0 Å². The maximum absolute atomic E-state index is 14.0. The molecule has 0 aromatic heterocycles. The van der Waals surface area contributed by atoms with E-state index < -0.39 is 6.10 Å². The zero-order valence-corrected chi connectivity index (χ0v) is 12.2. The van der Waals surface area contributed by atoms with E-state index in [-0.39, 0.29) is 17.1 Å². The van der Waals surface area contributed by atoms with Crippen molar-refractivity contribution in [2.24, 2.45) is 0 Å². The third kappa shape index (κ3) is 3.97. The van der Waals surface area contributed by atoms with Gasteiger partial charge in [0.15, 0.2) is 0 Å². The smallest absolute Gasteiger partial charge is 0.129 e. The standard InChI is InChI=1S/C14H22FNOS/c1-5-16-9(2)14-12(15)7-6-8-13(14)18-11(4)10(3)17/h6-11,16-17H,5H2,1-4H3. The quantitative estimate of drug-likeness (QED) is 0.778. The summed E-state index contributed by atoms with van der Waals surface area (Å²) in [5.74, 6) is -0.189. The highest BCUT2D eigenvalue weighted by Crippen LogP contribution is 2.33. The fourth-order valence-electron chi connectivity index (χ4n) is 1.75. The number of nitrogens with one attached hydrogen (secondary N) is 1. The minimum atomic E-state index is -0.416. The molecule has 0 radical (unpaired) electrons. The van der Waals surface area contributed by atoms with Crippen LogP contribution in [0.5, 0.6) is 0 Å². The Morgan fingerprint density at radius 1 is 1.33 bits per heavy atom. The molecule has 0 bridgehead atoms. The van der Waals surface area contributed by atoms with Gasteiger partial charge < -0.3 is 10.4 Å². The Labute approximate surface area is 113 Å². The first kappa shape index (κ1) is 15.5. The number of hydrogen-bond donors (Lipinski definition) is 2. The highest BCUT2D eigenvalue weighted by atomic mass is 32.2. The van der Waals surface area contributed by atoms with E-state index in [4.69, 9.17) is 0 Å². The Balaban J connectivity index is 3.00. The van der Waals surface area contributed by atoms with Gasteiger partial charge in [0.2, 0.25) is 0 Å². The summed E-state index contributed by atoms with van der Waals surface area (Å²) in [6, 6.07) is 5.09. The topological polar surface area (TPSA) is 32.3 Å². The van der Waals surface area contributed by atoms with Crippen LogP contribution in [0, 0.1) is 5.82 Å². The van der Waals surface area contributed by atoms with Crippen LogP contribution >= 0.6 is 11.8 Å². The van der Waals surface area contributed by atoms with Gasteiger partial charge in [-0.1, -0.05) is 19.9 Å². The van der Waals surface area contributed by atoms with Crippen molar-refractivity contribution in [3.63, 3.8) is 0 Å². The number of benzene rings is 1. The number of rotatable bonds is 6. The second-order valence-electron chi connectivity index (χ2n) is 4.49. The molecule has 0 fully saturated rings. The molecule has 1 rings (SSSR count). The van der Waals surface area contributed by atoms with Crippen LogP contribution in [-0.2, 0) is 0 Å². The second kappa shape index (κ2) is 7.12. The molecular formula is C14H22FNOS. The first-order chi connectivity index (χ1) is 8.47. The Morgan fingerprint density at radius 2 is 2.00 bits per heavy atom. The molecule has 0 heterocycles. The molecule has 102 valence electrons. The molecule has 2 N–H and O–H groups in total. The number of aliphatic hydroxyl groups excluding tert-OH is 1. The maximum atomic E-state index is 14.0. The van der Waals surface area contributed by atoms with Gasteiger partial charge in [-0.15, -0.1) is 11.8 Å². The minimum absolute atomic E-state index is 0.0279. The average Bonchev–Trinajstić information content (AvgIpc) is 2.29. The van der Waals surface area contributed by atoms with Crippen LogP contribution in [0.1, 0.15) is 39.3 Å². The summed E-state index contributed by atoms with van der Waals surface area (Å²) < 4.78 is 14.0. The van der Waals surface area contributed by atoms with Crippen molar-refractivity contribution in [1.29, 1.82) is 0 Å². The van der Waals surface area contributed by atoms with Crippen molar-refractivity contribution in [3.05, 3.63) is 29.6 Å². The van der Waals surface area contributed by atoms with E-state index in [1.54, 1.807) is 13.0 Å². The molecule has 1 aromatic rings. The van der Waals surface area contributed by atoms with E-state index in [0.29, 0.717) is 5.56 Å². The Bertz CT molecular complexity index is 384. The van der Waals surface area contributed by atoms with Gasteiger partial charge >= 0.3 is 0 Å². The van der Waals surface area contributed by atoms with Gasteiger partial charge in [-0.25, -0.2) is 4.39 Å². The summed E-state index contributed by atoms with van der Waals surface area (Å²) in [6.45, 7) is 8.46. The SMILES string of the molecule is CCNC(C)c1c(F)cccc1SC(C)C(C)O. The average molecular weight is 271 g/mol. The molecule has 0 aliphatic heterocycles. The van der Waals surface area contributed by atoms with Gasteiger partial charge in [-0.2, -0.15) is 0 Å². The van der Waals surface area contributed by atoms with Gasteiger partial charge in [0.05, 0.1) is 6.10 Å². The fraction of sp³-hybridized carbons (Fsp3) is 0.571. The molecule has 1 aromatic carbocycles. The summed E-state index contributed by atoms with van der Waals surface area (Å²) in [5, 5.41) is 12.8. The lowest BCUT2D eigenvalue weighted by Crippen LogP contribution is -2.21. The largest absolute Gasteiger partial charge is 0.392 e. The summed E-state index contributed by atoms with van der Waals surface area (Å²) in [5.41, 5.74) is 0.692. The van der Waals surface area contributed by atoms with Crippen LogP contribution in [0.25, 0.3) is 0 Å². The third-order valence-electron chi connectivity index (χ3n) is 2.95. The van der Waals surface area contributed by atoms with E-state index in [2.05, 4.69) is 5.32 Å². The molecule has 0 amide bonds. The first-order valence-electron chi connectivity index (χ1n) is 6.33. The molecule has 0 saturated carbocycles. The molecule has 18 heavy (non-hydrogen) atoms. The Kier molecular flexibility index (Phi) is 6.12. The first-order valence-corrected chi connectivity index (χ1v) is 7.21. The van der Waals surface area contributed by atoms with E-state index in [9.17, 15) is 9.50 Å². The van der Waals surface area contributed by atoms with Gasteiger partial charge in [0, 0.05) is 21.8 Å². The maximum Gasteiger partial charge on any atom is 0.129 e. The molecule has 0 aliphatic carbocycles. The lowest BCUT2D eigenvalue weighted by atomic mass is 10.1. The molecular weight excluding hydrogens is 249 g/mol. The van der Waals surface area contributed by atoms with Gasteiger partial charge in [-0.3, -0.25) is 0 Å². The highest BCUT2D eigenvalue weighted by molar-refractivity contribution is 8.00. The zero-order valence-electron chi connectivity index (χ0n) is 11.4. The molecule has 0 saturated heterocycles. The van der Waals surface area contributed by atoms with Crippen LogP contribution in [0.2, 0.25) is 0 Å². The van der Waals surface area contributed by atoms with Crippen LogP contribution in [0.4, 0.5) is 4.39 Å². The van der Waals surface area contributed by atoms with Crippen LogP contribution < -0.4 is 5.32 Å². The van der Waals surface area contributed by atoms with Gasteiger partial charge in [0.1, 0.15) is 5.82 Å². The summed E-state index contributed by atoms with van der Waals surface area (Å²) >= 11 is 1.52. The fourth-order valence-corrected chi connectivity index (χ4v) is 2.90. The van der Waals surface area contributed by atoms with Crippen LogP contribution in [0.3, 0.4) is 0 Å². The van der Waals surface area contributed by atoms with Crippen molar-refractivity contribution < 1.29 is 9.50 Å². The zero-order chi connectivity index (χ0) is 13.7. The monoisotopic (exact) mass is 271 g/mol. The molecule has 0 spiro atoms. The molecule has 0 aliphatic rings. The number of hydrogen-bond acceptors (Lipinski definition) is 3. The van der Waals surface area contributed by atoms with E-state index in [0.717, 1.165) is 11.4 Å². The minimum Gasteiger partial charge on any atom is -0.392 e. The Morgan fingerprint density at radius 3 is 2.56 bits per heavy atom. The predicted octanol–water partition coefficient (Wildman–Crippen LogP) is 3.36. The predicted molar refractivity (Wildman–Crippen MR) is 75.5 cm³/mol. The summed E-state index contributed by atoms with van der Waals surface area (Å²) in [6.07, 6.45) is -0.416. The lowest BCUT2D eigenvalue weighted by molar-refractivity contribution is 0.196. The van der Waals surface area contributed by atoms with Crippen molar-refractivity contribution in [2.45, 2.75) is 50.0 Å². The number of aliphatic hydroxyl groups is 1. The molecule has 3 unspecified atom stereocenters. The van der Waals surface area contributed by atoms with Crippen molar-refractivity contribution >= 4 is 11.8 Å². The summed E-state index contributed by atoms with van der Waals surface area (Å²) in [4.78, 5) is 0.900. The van der Waals surface area contributed by atoms with E-state index in [1.807, 2.05) is 26.8 Å². The third-order valence-corrected chi connectivity index (χ3v) is 4.32. The normalized spacial score (nSPS) is 16.3. The van der Waals surface area contributed by atoms with Crippen molar-refractivity contribution in [1.82, 2.24) is 5.32 Å². The lowest BCUT2D eigenvalue weighted by Gasteiger charge is -2.21. The molecule has 2 nitrogen and oxygen atoms in total. The number of halogens is 1. The second-order valence-corrected chi connectivity index (χ2v) is 5.91. The Hall–Kier alpha value is -0.580. The van der Waals surface area contributed by atoms with E-state index >= 15 is 0 Å². The van der Waals surface area contributed by atoms with Gasteiger partial charge in [-0.05, 0) is 32.5 Å². The van der Waals surface area contributed by atoms with Crippen molar-refractivity contribution in [2.75, 3.05) is 6.54 Å². The highest BCUT2D eigenvalue weighted by Gasteiger charge is 2.18.